The SMILES string of the molecule is CN1CC(=O)N2[C@@H](Cc3ccc(O)cc3)C(=O)N(CCOCc3ccccc3F)C[C@@H]2N1C(=O)NCc1ccc(F)cc1. The standard InChI is InChI=1S/C31H33F2N5O5/c1-35-19-29(40)37-27(16-21-8-12-25(39)13-9-21)30(41)36(14-15-43-20-23-4-2-3-5-26(23)33)18-28(37)38(35)31(42)34-17-22-6-10-24(32)11-7-22/h2-13,27-28,39H,14-20H2,1H3,(H,34,42)/t27-,28-/m0/s1. The number of amides is 4. The molecule has 226 valence electrons. The number of halogens is 2. The second kappa shape index (κ2) is 13.2. The van der Waals surface area contributed by atoms with Crippen LogP contribution in [0.2, 0.25) is 0 Å². The highest BCUT2D eigenvalue weighted by atomic mass is 19.1. The highest BCUT2D eigenvalue weighted by Crippen LogP contribution is 2.28. The minimum Gasteiger partial charge on any atom is -0.508 e. The van der Waals surface area contributed by atoms with Crippen molar-refractivity contribution in [1.82, 2.24) is 25.1 Å². The Balaban J connectivity index is 1.35. The fraction of sp³-hybridized carbons (Fsp3) is 0.323. The number of fused-ring (bicyclic) bond motifs is 1. The van der Waals surface area contributed by atoms with Gasteiger partial charge in [0.1, 0.15) is 29.6 Å². The van der Waals surface area contributed by atoms with E-state index in [4.69, 9.17) is 4.74 Å². The van der Waals surface area contributed by atoms with Gasteiger partial charge in [0.25, 0.3) is 0 Å². The van der Waals surface area contributed by atoms with E-state index in [9.17, 15) is 28.3 Å². The predicted octanol–water partition coefficient (Wildman–Crippen LogP) is 2.87. The van der Waals surface area contributed by atoms with Crippen molar-refractivity contribution in [2.45, 2.75) is 31.8 Å². The lowest BCUT2D eigenvalue weighted by Gasteiger charge is -2.54. The maximum absolute atomic E-state index is 14.0. The number of phenolic OH excluding ortho intramolecular Hbond substituents is 1. The van der Waals surface area contributed by atoms with Crippen molar-refractivity contribution in [2.75, 3.05) is 33.3 Å². The highest BCUT2D eigenvalue weighted by Gasteiger charge is 2.50. The molecular weight excluding hydrogens is 560 g/mol. The predicted molar refractivity (Wildman–Crippen MR) is 152 cm³/mol. The summed E-state index contributed by atoms with van der Waals surface area (Å²) in [4.78, 5) is 43.7. The summed E-state index contributed by atoms with van der Waals surface area (Å²) < 4.78 is 33.1. The lowest BCUT2D eigenvalue weighted by Crippen LogP contribution is -2.76. The minimum atomic E-state index is -0.913. The number of ether oxygens (including phenoxy) is 1. The maximum Gasteiger partial charge on any atom is 0.334 e. The van der Waals surface area contributed by atoms with Crippen LogP contribution < -0.4 is 5.32 Å². The van der Waals surface area contributed by atoms with Gasteiger partial charge in [0, 0.05) is 32.1 Å². The quantitative estimate of drug-likeness (QED) is 0.370. The molecule has 4 amide bonds. The van der Waals surface area contributed by atoms with E-state index in [2.05, 4.69) is 5.32 Å². The molecule has 0 aromatic heterocycles. The lowest BCUT2D eigenvalue weighted by molar-refractivity contribution is -0.187. The molecule has 0 saturated carbocycles. The molecule has 2 heterocycles. The van der Waals surface area contributed by atoms with Crippen LogP contribution in [0.15, 0.2) is 72.8 Å². The van der Waals surface area contributed by atoms with Crippen molar-refractivity contribution in [3.63, 3.8) is 0 Å². The maximum atomic E-state index is 14.0. The summed E-state index contributed by atoms with van der Waals surface area (Å²) in [5, 5.41) is 15.5. The number of likely N-dealkylation sites (N-methyl/N-ethyl adjacent to an activating group) is 1. The number of aromatic hydroxyl groups is 1. The summed E-state index contributed by atoms with van der Waals surface area (Å²) >= 11 is 0. The highest BCUT2D eigenvalue weighted by molar-refractivity contribution is 5.91. The lowest BCUT2D eigenvalue weighted by atomic mass is 9.98. The third kappa shape index (κ3) is 6.92. The molecule has 2 saturated heterocycles. The summed E-state index contributed by atoms with van der Waals surface area (Å²) in [6.45, 7) is 0.347. The Kier molecular flexibility index (Phi) is 9.17. The van der Waals surface area contributed by atoms with Crippen LogP contribution in [0, 0.1) is 11.6 Å². The first kappa shape index (κ1) is 29.9. The monoisotopic (exact) mass is 593 g/mol. The molecule has 0 bridgehead atoms. The molecule has 12 heteroatoms. The van der Waals surface area contributed by atoms with Gasteiger partial charge in [-0.25, -0.2) is 23.6 Å². The average molecular weight is 594 g/mol. The van der Waals surface area contributed by atoms with Crippen LogP contribution in [-0.2, 0) is 33.9 Å². The molecule has 2 aliphatic rings. The second-order valence-corrected chi connectivity index (χ2v) is 10.5. The summed E-state index contributed by atoms with van der Waals surface area (Å²) in [5.74, 6) is -1.30. The molecule has 10 nitrogen and oxygen atoms in total. The van der Waals surface area contributed by atoms with Crippen LogP contribution in [0.25, 0.3) is 0 Å². The van der Waals surface area contributed by atoms with Crippen LogP contribution in [0.1, 0.15) is 16.7 Å². The number of benzene rings is 3. The van der Waals surface area contributed by atoms with Crippen molar-refractivity contribution in [2.24, 2.45) is 0 Å². The van der Waals surface area contributed by atoms with Crippen molar-refractivity contribution >= 4 is 17.8 Å². The van der Waals surface area contributed by atoms with Crippen LogP contribution in [0.3, 0.4) is 0 Å². The van der Waals surface area contributed by atoms with E-state index < -0.39 is 18.2 Å². The van der Waals surface area contributed by atoms with Crippen molar-refractivity contribution in [3.8, 4) is 5.75 Å². The van der Waals surface area contributed by atoms with E-state index in [1.54, 1.807) is 54.4 Å². The number of rotatable bonds is 9. The molecule has 2 atom stereocenters. The number of carbonyl (C=O) groups is 3. The van der Waals surface area contributed by atoms with E-state index in [0.717, 1.165) is 5.56 Å². The van der Waals surface area contributed by atoms with Crippen molar-refractivity contribution < 1.29 is 33.0 Å². The number of hydrazine groups is 1. The number of phenols is 1. The Morgan fingerprint density at radius 3 is 2.42 bits per heavy atom. The molecular formula is C31H33F2N5O5. The molecule has 0 aliphatic carbocycles. The fourth-order valence-electron chi connectivity index (χ4n) is 5.39. The smallest absolute Gasteiger partial charge is 0.334 e. The molecule has 2 fully saturated rings. The minimum absolute atomic E-state index is 0.0281. The van der Waals surface area contributed by atoms with Crippen molar-refractivity contribution in [3.05, 3.63) is 101 Å². The van der Waals surface area contributed by atoms with E-state index in [0.29, 0.717) is 11.1 Å². The summed E-state index contributed by atoms with van der Waals surface area (Å²) in [6, 6.07) is 17.0. The molecule has 2 N–H and O–H groups in total. The van der Waals surface area contributed by atoms with Gasteiger partial charge < -0.3 is 25.0 Å². The first-order chi connectivity index (χ1) is 20.7. The number of hydrogen-bond acceptors (Lipinski definition) is 6. The molecule has 3 aromatic rings. The van der Waals surface area contributed by atoms with Gasteiger partial charge in [0.2, 0.25) is 11.8 Å². The number of nitrogens with zero attached hydrogens (tertiary/aromatic N) is 4. The Morgan fingerprint density at radius 1 is 1.00 bits per heavy atom. The third-order valence-electron chi connectivity index (χ3n) is 7.59. The average Bonchev–Trinajstić information content (AvgIpc) is 2.98. The topological polar surface area (TPSA) is 106 Å². The van der Waals surface area contributed by atoms with Crippen LogP contribution in [0.4, 0.5) is 13.6 Å². The van der Waals surface area contributed by atoms with E-state index in [-0.39, 0.29) is 75.0 Å². The first-order valence-corrected chi connectivity index (χ1v) is 13.9. The molecule has 5 rings (SSSR count). The Bertz CT molecular complexity index is 1460. The summed E-state index contributed by atoms with van der Waals surface area (Å²) in [6.07, 6.45) is -0.645. The number of piperazine rings is 1. The molecule has 0 spiro atoms. The summed E-state index contributed by atoms with van der Waals surface area (Å²) in [5.41, 5.74) is 1.82. The van der Waals surface area contributed by atoms with Crippen molar-refractivity contribution in [1.29, 1.82) is 0 Å². The van der Waals surface area contributed by atoms with Gasteiger partial charge in [-0.3, -0.25) is 9.59 Å². The van der Waals surface area contributed by atoms with Gasteiger partial charge in [-0.1, -0.05) is 42.5 Å². The fourth-order valence-corrected chi connectivity index (χ4v) is 5.39. The van der Waals surface area contributed by atoms with Gasteiger partial charge >= 0.3 is 6.03 Å². The normalized spacial score (nSPS) is 19.0. The molecule has 2 aliphatic heterocycles. The van der Waals surface area contributed by atoms with Gasteiger partial charge in [-0.05, 0) is 41.5 Å². The third-order valence-corrected chi connectivity index (χ3v) is 7.59. The second-order valence-electron chi connectivity index (χ2n) is 10.5. The summed E-state index contributed by atoms with van der Waals surface area (Å²) in [7, 11) is 1.62. The van der Waals surface area contributed by atoms with E-state index in [1.165, 1.54) is 45.2 Å². The zero-order valence-corrected chi connectivity index (χ0v) is 23.7. The van der Waals surface area contributed by atoms with Gasteiger partial charge in [0.05, 0.1) is 26.3 Å². The van der Waals surface area contributed by atoms with E-state index >= 15 is 0 Å². The number of urea groups is 1. The molecule has 0 unspecified atom stereocenters. The number of nitrogens with one attached hydrogen (secondary N) is 1. The van der Waals surface area contributed by atoms with Gasteiger partial charge in [0.15, 0.2) is 0 Å². The van der Waals surface area contributed by atoms with Crippen LogP contribution >= 0.6 is 0 Å². The number of hydrogen-bond donors (Lipinski definition) is 2. The van der Waals surface area contributed by atoms with Crippen LogP contribution in [-0.4, -0.2) is 88.3 Å². The Hall–Kier alpha value is -4.55. The van der Waals surface area contributed by atoms with Crippen LogP contribution in [0.5, 0.6) is 5.75 Å². The zero-order valence-electron chi connectivity index (χ0n) is 23.7. The van der Waals surface area contributed by atoms with E-state index in [1.807, 2.05) is 0 Å². The number of carbonyl (C=O) groups excluding carboxylic acids is 3. The van der Waals surface area contributed by atoms with Gasteiger partial charge in [-0.15, -0.1) is 0 Å². The Labute approximate surface area is 248 Å². The Morgan fingerprint density at radius 2 is 1.70 bits per heavy atom. The largest absolute Gasteiger partial charge is 0.508 e. The first-order valence-electron chi connectivity index (χ1n) is 13.9. The zero-order chi connectivity index (χ0) is 30.5. The molecule has 0 radical (unpaired) electrons. The van der Waals surface area contributed by atoms with Gasteiger partial charge in [-0.2, -0.15) is 0 Å². The molecule has 3 aromatic carbocycles. The molecule has 43 heavy (non-hydrogen) atoms.